The predicted octanol–water partition coefficient (Wildman–Crippen LogP) is 1.96. The number of aliphatic hydroxyl groups excluding tert-OH is 3. The van der Waals surface area contributed by atoms with Gasteiger partial charge in [-0.05, 0) is 81.3 Å². The summed E-state index contributed by atoms with van der Waals surface area (Å²) >= 11 is 0. The third kappa shape index (κ3) is 12.3. The summed E-state index contributed by atoms with van der Waals surface area (Å²) in [5, 5.41) is 63.0. The molecule has 3 heterocycles. The maximum atomic E-state index is 14.3. The van der Waals surface area contributed by atoms with Gasteiger partial charge in [0.05, 0.1) is 66.6 Å². The van der Waals surface area contributed by atoms with Crippen molar-refractivity contribution in [2.75, 3.05) is 48.3 Å². The van der Waals surface area contributed by atoms with Gasteiger partial charge in [-0.2, -0.15) is 0 Å². The highest BCUT2D eigenvalue weighted by Crippen LogP contribution is 2.40. The molecule has 5 unspecified atom stereocenters. The number of ether oxygens (including phenoxy) is 8. The number of carbonyl (C=O) groups is 1. The molecule has 3 fully saturated rings. The number of esters is 1. The number of hydrogen-bond donors (Lipinski definition) is 5. The monoisotopic (exact) mass is 823 g/mol. The fraction of sp³-hybridized carbons (Fsp3) is 0.950. The number of hydrogen-bond acceptors (Lipinski definition) is 17. The summed E-state index contributed by atoms with van der Waals surface area (Å²) in [7, 11) is 6.75. The second-order valence-corrected chi connectivity index (χ2v) is 17.2. The van der Waals surface area contributed by atoms with Crippen LogP contribution in [0, 0.1) is 17.8 Å². The molecule has 0 bridgehead atoms. The Morgan fingerprint density at radius 2 is 1.60 bits per heavy atom. The van der Waals surface area contributed by atoms with Crippen LogP contribution < -0.4 is 0 Å². The van der Waals surface area contributed by atoms with Crippen LogP contribution in [0.2, 0.25) is 0 Å². The molecule has 17 heteroatoms. The van der Waals surface area contributed by atoms with Crippen LogP contribution in [0.4, 0.5) is 0 Å². The van der Waals surface area contributed by atoms with Crippen LogP contribution in [0.5, 0.6) is 0 Å². The average molecular weight is 823 g/mol. The molecule has 3 aliphatic heterocycles. The normalized spacial score (nSPS) is 45.1. The Morgan fingerprint density at radius 3 is 2.19 bits per heavy atom. The summed E-state index contributed by atoms with van der Waals surface area (Å²) in [6.07, 6.45) is -9.33. The quantitative estimate of drug-likeness (QED) is 0.0777. The third-order valence-corrected chi connectivity index (χ3v) is 12.3. The zero-order valence-electron chi connectivity index (χ0n) is 36.5. The average Bonchev–Trinajstić information content (AvgIpc) is 3.15. The molecule has 0 amide bonds. The number of carbonyl (C=O) groups excluding carboxylic acids is 1. The van der Waals surface area contributed by atoms with E-state index in [0.717, 1.165) is 0 Å². The lowest BCUT2D eigenvalue weighted by molar-refractivity contribution is -0.317. The minimum atomic E-state index is -1.95. The van der Waals surface area contributed by atoms with E-state index in [1.807, 2.05) is 25.9 Å². The van der Waals surface area contributed by atoms with Gasteiger partial charge >= 0.3 is 5.97 Å². The van der Waals surface area contributed by atoms with Crippen LogP contribution in [0.15, 0.2) is 5.16 Å². The minimum Gasteiger partial charge on any atom is -0.459 e. The highest BCUT2D eigenvalue weighted by atomic mass is 16.7. The van der Waals surface area contributed by atoms with Crippen molar-refractivity contribution in [2.45, 2.75) is 179 Å². The lowest BCUT2D eigenvalue weighted by Gasteiger charge is -2.48. The minimum absolute atomic E-state index is 0.0168. The lowest BCUT2D eigenvalue weighted by Crippen LogP contribution is -2.60. The first kappa shape index (κ1) is 49.8. The van der Waals surface area contributed by atoms with Gasteiger partial charge in [0, 0.05) is 38.5 Å². The van der Waals surface area contributed by atoms with E-state index in [4.69, 9.17) is 42.7 Å². The van der Waals surface area contributed by atoms with E-state index < -0.39 is 95.8 Å². The summed E-state index contributed by atoms with van der Waals surface area (Å²) < 4.78 is 47.9. The second kappa shape index (κ2) is 21.3. The van der Waals surface area contributed by atoms with E-state index in [1.54, 1.807) is 55.6 Å². The van der Waals surface area contributed by atoms with Crippen molar-refractivity contribution in [1.82, 2.24) is 4.90 Å². The molecule has 17 nitrogen and oxygen atoms in total. The molecule has 57 heavy (non-hydrogen) atoms. The number of cyclic esters (lactones) is 1. The van der Waals surface area contributed by atoms with Gasteiger partial charge in [-0.15, -0.1) is 0 Å². The van der Waals surface area contributed by atoms with E-state index >= 15 is 0 Å². The molecule has 17 atom stereocenters. The predicted molar refractivity (Wildman–Crippen MR) is 208 cm³/mol. The van der Waals surface area contributed by atoms with E-state index in [-0.39, 0.29) is 51.2 Å². The number of nitrogens with zero attached hydrogens (tertiary/aromatic N) is 2. The molecule has 334 valence electrons. The summed E-state index contributed by atoms with van der Waals surface area (Å²) in [5.74, 6) is -3.48. The maximum absolute atomic E-state index is 14.3. The van der Waals surface area contributed by atoms with Crippen LogP contribution >= 0.6 is 0 Å². The number of aliphatic hydroxyl groups is 5. The van der Waals surface area contributed by atoms with Crippen molar-refractivity contribution in [3.05, 3.63) is 0 Å². The summed E-state index contributed by atoms with van der Waals surface area (Å²) in [4.78, 5) is 21.7. The SMILES string of the molecule is CC[C@H]1OC(=O)[C@H](C)[C@@H](OC2C[C@@](C)(OC)C(O)[C@@H](C)O2)[C@H](C)[C@@H](O[C@@H]2OC(C)CC(N(C)C)C2O)[C@](C)(O)CC/C(=N\OCOCCOC)[C@H](C)[C@@H](O)[C@]1(C)O. The molecule has 5 N–H and O–H groups in total. The first-order valence-electron chi connectivity index (χ1n) is 20.3. The van der Waals surface area contributed by atoms with Gasteiger partial charge in [0.2, 0.25) is 6.79 Å². The molecular weight excluding hydrogens is 748 g/mol. The van der Waals surface area contributed by atoms with Crippen molar-refractivity contribution in [2.24, 2.45) is 22.9 Å². The molecule has 3 rings (SSSR count). The Kier molecular flexibility index (Phi) is 18.6. The van der Waals surface area contributed by atoms with Gasteiger partial charge in [-0.3, -0.25) is 4.79 Å². The molecule has 0 aromatic rings. The topological polar surface area (TPSA) is 217 Å². The molecular formula is C40H74N2O15. The smallest absolute Gasteiger partial charge is 0.311 e. The number of likely N-dealkylation sites (N-methyl/N-ethyl adjacent to an activating group) is 1. The summed E-state index contributed by atoms with van der Waals surface area (Å²) in [6.45, 7) is 15.5. The fourth-order valence-electron chi connectivity index (χ4n) is 8.38. The van der Waals surface area contributed by atoms with Gasteiger partial charge in [0.1, 0.15) is 23.9 Å². The zero-order valence-corrected chi connectivity index (χ0v) is 36.5. The van der Waals surface area contributed by atoms with Gasteiger partial charge in [-0.1, -0.05) is 25.9 Å². The summed E-state index contributed by atoms with van der Waals surface area (Å²) in [6, 6.07) is -0.322. The molecule has 0 aromatic carbocycles. The third-order valence-electron chi connectivity index (χ3n) is 12.3. The van der Waals surface area contributed by atoms with Crippen LogP contribution in [-0.4, -0.2) is 175 Å². The first-order chi connectivity index (χ1) is 26.6. The maximum Gasteiger partial charge on any atom is 0.311 e. The number of rotatable bonds is 13. The van der Waals surface area contributed by atoms with Crippen LogP contribution in [0.1, 0.15) is 94.4 Å². The second-order valence-electron chi connectivity index (χ2n) is 17.2. The number of methoxy groups -OCH3 is 2. The van der Waals surface area contributed by atoms with Crippen molar-refractivity contribution >= 4 is 11.7 Å². The first-order valence-corrected chi connectivity index (χ1v) is 20.3. The van der Waals surface area contributed by atoms with Crippen molar-refractivity contribution in [3.8, 4) is 0 Å². The Morgan fingerprint density at radius 1 is 0.930 bits per heavy atom. The molecule has 3 aliphatic rings. The van der Waals surface area contributed by atoms with Crippen LogP contribution in [0.3, 0.4) is 0 Å². The van der Waals surface area contributed by atoms with Gasteiger partial charge in [0.15, 0.2) is 12.6 Å². The molecule has 3 saturated heterocycles. The van der Waals surface area contributed by atoms with Crippen LogP contribution in [0.25, 0.3) is 0 Å². The van der Waals surface area contributed by atoms with E-state index in [9.17, 15) is 30.3 Å². The Hall–Kier alpha value is -1.58. The van der Waals surface area contributed by atoms with Crippen molar-refractivity contribution in [1.29, 1.82) is 0 Å². The van der Waals surface area contributed by atoms with Crippen molar-refractivity contribution in [3.63, 3.8) is 0 Å². The van der Waals surface area contributed by atoms with E-state index in [0.29, 0.717) is 18.7 Å². The number of oxime groups is 1. The van der Waals surface area contributed by atoms with Crippen molar-refractivity contribution < 1.29 is 73.1 Å². The van der Waals surface area contributed by atoms with Gasteiger partial charge in [-0.25, -0.2) is 0 Å². The zero-order chi connectivity index (χ0) is 43.0. The standard InChI is InChI=1S/C40H74N2O15/c1-14-29-40(9,48)33(44)23(3)27(41-52-21-51-18-17-49-12)15-16-38(7,47)35(57-37-31(43)28(42(10)11)19-22(2)53-37)24(4)32(25(5)36(46)55-29)56-30-20-39(8,50-13)34(45)26(6)54-30/h22-26,28-35,37,43-45,47-48H,14-21H2,1-13H3/b41-27+/t22?,23-,24-,25+,26+,28?,29+,30?,31?,32-,33+,34?,35+,37-,38+,39+,40+/m0/s1. The Balaban J connectivity index is 2.18. The van der Waals surface area contributed by atoms with Crippen LogP contribution in [-0.2, 0) is 47.5 Å². The van der Waals surface area contributed by atoms with Gasteiger partial charge in [0.25, 0.3) is 0 Å². The molecule has 0 saturated carbocycles. The largest absolute Gasteiger partial charge is 0.459 e. The summed E-state index contributed by atoms with van der Waals surface area (Å²) in [5.41, 5.74) is -4.45. The Bertz CT molecular complexity index is 1270. The van der Waals surface area contributed by atoms with E-state index in [2.05, 4.69) is 5.16 Å². The molecule has 0 spiro atoms. The lowest BCUT2D eigenvalue weighted by atomic mass is 9.76. The molecule has 0 aliphatic carbocycles. The highest BCUT2D eigenvalue weighted by molar-refractivity contribution is 5.86. The highest BCUT2D eigenvalue weighted by Gasteiger charge is 2.52. The van der Waals surface area contributed by atoms with Gasteiger partial charge < -0.3 is 73.2 Å². The molecule has 0 aromatic heterocycles. The van der Waals surface area contributed by atoms with E-state index in [1.165, 1.54) is 14.0 Å². The molecule has 0 radical (unpaired) electrons. The Labute approximate surface area is 339 Å². The fourth-order valence-corrected chi connectivity index (χ4v) is 8.38.